The number of benzene rings is 1. The number of carboxylic acids is 2. The van der Waals surface area contributed by atoms with E-state index in [1.54, 1.807) is 12.1 Å². The van der Waals surface area contributed by atoms with E-state index in [0.717, 1.165) is 37.7 Å². The summed E-state index contributed by atoms with van der Waals surface area (Å²) in [6, 6.07) is 6.46. The van der Waals surface area contributed by atoms with Crippen LogP contribution in [0.25, 0.3) is 0 Å². The number of aliphatic hydroxyl groups is 1. The molecule has 0 aliphatic carbocycles. The minimum absolute atomic E-state index is 0.135. The molecule has 0 aliphatic rings. The predicted octanol–water partition coefficient (Wildman–Crippen LogP) is 2.95. The van der Waals surface area contributed by atoms with Crippen molar-refractivity contribution in [1.82, 2.24) is 0 Å². The molecule has 1 atom stereocenters. The Hall–Kier alpha value is -1.60. The molecule has 0 saturated heterocycles. The zero-order valence-corrected chi connectivity index (χ0v) is 14.2. The van der Waals surface area contributed by atoms with Crippen molar-refractivity contribution in [2.24, 2.45) is 0 Å². The molecule has 3 N–H and O–H groups in total. The van der Waals surface area contributed by atoms with E-state index in [1.807, 2.05) is 0 Å². The number of unbranched alkanes of at least 4 members (excludes halogenated alkanes) is 3. The van der Waals surface area contributed by atoms with Gasteiger partial charge in [-0.15, -0.1) is 0 Å². The summed E-state index contributed by atoms with van der Waals surface area (Å²) in [6.07, 6.45) is 3.94. The summed E-state index contributed by atoms with van der Waals surface area (Å²) >= 11 is 1.25. The normalized spacial score (nSPS) is 13.4. The third kappa shape index (κ3) is 7.79. The Labute approximate surface area is 144 Å². The van der Waals surface area contributed by atoms with Gasteiger partial charge in [0.1, 0.15) is 5.82 Å². The number of carbonyl (C=O) groups is 2. The Kier molecular flexibility index (Phi) is 8.78. The van der Waals surface area contributed by atoms with Crippen molar-refractivity contribution in [3.8, 4) is 0 Å². The van der Waals surface area contributed by atoms with E-state index in [-0.39, 0.29) is 11.6 Å². The van der Waals surface area contributed by atoms with Gasteiger partial charge in [0, 0.05) is 5.75 Å². The number of rotatable bonds is 12. The van der Waals surface area contributed by atoms with Crippen LogP contribution in [-0.2, 0) is 16.0 Å². The van der Waals surface area contributed by atoms with E-state index in [2.05, 4.69) is 0 Å². The fourth-order valence-corrected chi connectivity index (χ4v) is 3.33. The number of carboxylic acid groups (broad SMARTS) is 2. The fourth-order valence-electron chi connectivity index (χ4n) is 2.22. The van der Waals surface area contributed by atoms with Gasteiger partial charge in [-0.05, 0) is 42.7 Å². The first-order chi connectivity index (χ1) is 11.3. The molecule has 7 heteroatoms. The Morgan fingerprint density at radius 1 is 1.04 bits per heavy atom. The van der Waals surface area contributed by atoms with Crippen LogP contribution >= 0.6 is 11.8 Å². The first-order valence-electron chi connectivity index (χ1n) is 7.83. The van der Waals surface area contributed by atoms with Gasteiger partial charge >= 0.3 is 11.9 Å². The predicted molar refractivity (Wildman–Crippen MR) is 90.7 cm³/mol. The zero-order valence-electron chi connectivity index (χ0n) is 13.4. The van der Waals surface area contributed by atoms with Crippen LogP contribution in [0.15, 0.2) is 24.3 Å². The van der Waals surface area contributed by atoms with Crippen molar-refractivity contribution in [1.29, 1.82) is 0 Å². The molecule has 134 valence electrons. The molecule has 0 radical (unpaired) electrons. The summed E-state index contributed by atoms with van der Waals surface area (Å²) in [5.74, 6) is -2.53. The zero-order chi connectivity index (χ0) is 18.0. The summed E-state index contributed by atoms with van der Waals surface area (Å²) in [4.78, 5) is 21.6. The highest BCUT2D eigenvalue weighted by Gasteiger charge is 2.38. The molecule has 24 heavy (non-hydrogen) atoms. The number of aryl methyl sites for hydroxylation is 1. The molecule has 0 fully saturated rings. The van der Waals surface area contributed by atoms with Gasteiger partial charge in [0.15, 0.2) is 5.60 Å². The van der Waals surface area contributed by atoms with Crippen LogP contribution in [0.3, 0.4) is 0 Å². The monoisotopic (exact) mass is 358 g/mol. The minimum atomic E-state index is -2.21. The largest absolute Gasteiger partial charge is 0.481 e. The minimum Gasteiger partial charge on any atom is -0.481 e. The fraction of sp³-hybridized carbons (Fsp3) is 0.529. The highest BCUT2D eigenvalue weighted by Crippen LogP contribution is 2.20. The Balaban J connectivity index is 2.12. The quantitative estimate of drug-likeness (QED) is 0.497. The average molecular weight is 358 g/mol. The van der Waals surface area contributed by atoms with E-state index in [4.69, 9.17) is 10.2 Å². The second-order valence-corrected chi connectivity index (χ2v) is 6.86. The number of hydrogen-bond donors (Lipinski definition) is 3. The highest BCUT2D eigenvalue weighted by molar-refractivity contribution is 7.99. The van der Waals surface area contributed by atoms with E-state index < -0.39 is 24.0 Å². The first-order valence-corrected chi connectivity index (χ1v) is 8.99. The lowest BCUT2D eigenvalue weighted by Gasteiger charge is -2.20. The Bertz CT molecular complexity index is 534. The molecule has 0 aliphatic heterocycles. The molecule has 0 saturated carbocycles. The highest BCUT2D eigenvalue weighted by atomic mass is 32.2. The van der Waals surface area contributed by atoms with Crippen LogP contribution in [-0.4, -0.2) is 44.4 Å². The summed E-state index contributed by atoms with van der Waals surface area (Å²) < 4.78 is 12.8. The van der Waals surface area contributed by atoms with Crippen molar-refractivity contribution in [3.05, 3.63) is 35.6 Å². The summed E-state index contributed by atoms with van der Waals surface area (Å²) in [6.45, 7) is 0. The maximum absolute atomic E-state index is 12.8. The van der Waals surface area contributed by atoms with Crippen molar-refractivity contribution >= 4 is 23.7 Å². The van der Waals surface area contributed by atoms with Crippen LogP contribution in [0.1, 0.15) is 37.7 Å². The molecular weight excluding hydrogens is 335 g/mol. The van der Waals surface area contributed by atoms with Gasteiger partial charge < -0.3 is 15.3 Å². The van der Waals surface area contributed by atoms with E-state index in [9.17, 15) is 19.1 Å². The molecule has 1 aromatic rings. The van der Waals surface area contributed by atoms with Gasteiger partial charge in [-0.3, -0.25) is 4.79 Å². The van der Waals surface area contributed by atoms with E-state index >= 15 is 0 Å². The lowest BCUT2D eigenvalue weighted by molar-refractivity contribution is -0.162. The first kappa shape index (κ1) is 20.4. The second-order valence-electron chi connectivity index (χ2n) is 5.75. The average Bonchev–Trinajstić information content (AvgIpc) is 2.51. The van der Waals surface area contributed by atoms with Gasteiger partial charge in [-0.25, -0.2) is 9.18 Å². The van der Waals surface area contributed by atoms with Gasteiger partial charge in [0.05, 0.1) is 6.42 Å². The standard InChI is InChI=1S/C17H23FO5S/c18-14-8-6-13(7-9-14)5-3-1-2-4-10-24-12-17(23,16(21)22)11-15(19)20/h6-9,23H,1-5,10-12H2,(H,19,20)(H,21,22)/t17-/m1/s1. The number of aliphatic carboxylic acids is 2. The number of thioether (sulfide) groups is 1. The molecular formula is C17H23FO5S. The molecule has 0 heterocycles. The van der Waals surface area contributed by atoms with Crippen molar-refractivity contribution in [3.63, 3.8) is 0 Å². The van der Waals surface area contributed by atoms with Gasteiger partial charge in [-0.1, -0.05) is 25.0 Å². The number of hydrogen-bond acceptors (Lipinski definition) is 4. The molecule has 0 aromatic heterocycles. The maximum Gasteiger partial charge on any atom is 0.337 e. The van der Waals surface area contributed by atoms with Crippen LogP contribution in [0.2, 0.25) is 0 Å². The van der Waals surface area contributed by atoms with Crippen LogP contribution < -0.4 is 0 Å². The SMILES string of the molecule is O=C(O)C[C@@](O)(CSCCCCCCc1ccc(F)cc1)C(=O)O. The molecule has 0 bridgehead atoms. The van der Waals surface area contributed by atoms with Gasteiger partial charge in [0.25, 0.3) is 0 Å². The lowest BCUT2D eigenvalue weighted by Crippen LogP contribution is -2.43. The smallest absolute Gasteiger partial charge is 0.337 e. The van der Waals surface area contributed by atoms with E-state index in [0.29, 0.717) is 5.75 Å². The van der Waals surface area contributed by atoms with Crippen LogP contribution in [0.5, 0.6) is 0 Å². The van der Waals surface area contributed by atoms with Gasteiger partial charge in [0.2, 0.25) is 0 Å². The summed E-state index contributed by atoms with van der Waals surface area (Å²) in [5.41, 5.74) is -1.11. The van der Waals surface area contributed by atoms with Crippen LogP contribution in [0, 0.1) is 5.82 Å². The molecule has 0 unspecified atom stereocenters. The molecule has 0 amide bonds. The topological polar surface area (TPSA) is 94.8 Å². The van der Waals surface area contributed by atoms with Gasteiger partial charge in [-0.2, -0.15) is 11.8 Å². The molecule has 1 aromatic carbocycles. The maximum atomic E-state index is 12.8. The third-order valence-electron chi connectivity index (χ3n) is 3.60. The molecule has 5 nitrogen and oxygen atoms in total. The van der Waals surface area contributed by atoms with Crippen LogP contribution in [0.4, 0.5) is 4.39 Å². The second kappa shape index (κ2) is 10.3. The summed E-state index contributed by atoms with van der Waals surface area (Å²) in [5, 5.41) is 27.4. The van der Waals surface area contributed by atoms with Crippen molar-refractivity contribution < 1.29 is 29.3 Å². The summed E-state index contributed by atoms with van der Waals surface area (Å²) in [7, 11) is 0. The van der Waals surface area contributed by atoms with E-state index in [1.165, 1.54) is 23.9 Å². The molecule has 0 spiro atoms. The third-order valence-corrected chi connectivity index (χ3v) is 4.86. The van der Waals surface area contributed by atoms with Crippen molar-refractivity contribution in [2.75, 3.05) is 11.5 Å². The lowest BCUT2D eigenvalue weighted by atomic mass is 10.0. The van der Waals surface area contributed by atoms with Crippen molar-refractivity contribution in [2.45, 2.75) is 44.1 Å². The number of halogens is 1. The molecule has 1 rings (SSSR count). The Morgan fingerprint density at radius 2 is 1.67 bits per heavy atom. The Morgan fingerprint density at radius 3 is 2.25 bits per heavy atom.